The van der Waals surface area contributed by atoms with Crippen molar-refractivity contribution in [1.29, 1.82) is 0 Å². The molecule has 0 aliphatic rings. The monoisotopic (exact) mass is 338 g/mol. The third-order valence-electron chi connectivity index (χ3n) is 3.85. The lowest BCUT2D eigenvalue weighted by atomic mass is 10.0. The van der Waals surface area contributed by atoms with Crippen molar-refractivity contribution in [1.82, 2.24) is 4.98 Å². The van der Waals surface area contributed by atoms with Gasteiger partial charge in [0.1, 0.15) is 16.9 Å². The summed E-state index contributed by atoms with van der Waals surface area (Å²) in [7, 11) is 1.58. The molecule has 0 bridgehead atoms. The van der Waals surface area contributed by atoms with E-state index in [9.17, 15) is 9.59 Å². The molecular weight excluding hydrogens is 320 g/mol. The Morgan fingerprint density at radius 1 is 1.32 bits per heavy atom. The second kappa shape index (κ2) is 7.17. The van der Waals surface area contributed by atoms with Crippen LogP contribution < -0.4 is 15.7 Å². The summed E-state index contributed by atoms with van der Waals surface area (Å²) in [6.07, 6.45) is 4.70. The number of anilines is 1. The Kier molecular flexibility index (Phi) is 4.79. The van der Waals surface area contributed by atoms with Gasteiger partial charge in [0.25, 0.3) is 5.91 Å². The highest BCUT2D eigenvalue weighted by molar-refractivity contribution is 6.05. The summed E-state index contributed by atoms with van der Waals surface area (Å²) in [6, 6.07) is 8.53. The van der Waals surface area contributed by atoms with Crippen LogP contribution in [0.3, 0.4) is 0 Å². The fourth-order valence-electron chi connectivity index (χ4n) is 2.70. The van der Waals surface area contributed by atoms with Crippen molar-refractivity contribution in [3.63, 3.8) is 0 Å². The van der Waals surface area contributed by atoms with Crippen LogP contribution in [-0.4, -0.2) is 18.0 Å². The number of fused-ring (bicyclic) bond motifs is 1. The van der Waals surface area contributed by atoms with Crippen LogP contribution in [0.4, 0.5) is 5.69 Å². The van der Waals surface area contributed by atoms with E-state index in [1.54, 1.807) is 37.6 Å². The molecule has 1 N–H and O–H groups in total. The minimum absolute atomic E-state index is 0.0519. The summed E-state index contributed by atoms with van der Waals surface area (Å²) in [5, 5.41) is 3.32. The molecule has 128 valence electrons. The van der Waals surface area contributed by atoms with E-state index in [1.165, 1.54) is 6.20 Å². The Labute approximate surface area is 144 Å². The SMILES string of the molecule is CCCc1c(OC)ccc2cc(C(=O)Nc3cccnc3)c(=O)oc12. The number of pyridine rings is 1. The van der Waals surface area contributed by atoms with Gasteiger partial charge in [0, 0.05) is 17.1 Å². The van der Waals surface area contributed by atoms with E-state index in [1.807, 2.05) is 13.0 Å². The Bertz CT molecular complexity index is 964. The number of nitrogens with zero attached hydrogens (tertiary/aromatic N) is 1. The van der Waals surface area contributed by atoms with E-state index >= 15 is 0 Å². The van der Waals surface area contributed by atoms with Crippen molar-refractivity contribution in [3.8, 4) is 5.75 Å². The van der Waals surface area contributed by atoms with Gasteiger partial charge in [0.15, 0.2) is 0 Å². The molecule has 2 aromatic heterocycles. The lowest BCUT2D eigenvalue weighted by molar-refractivity contribution is 0.102. The molecule has 0 radical (unpaired) electrons. The molecule has 1 amide bonds. The Morgan fingerprint density at radius 3 is 2.84 bits per heavy atom. The van der Waals surface area contributed by atoms with E-state index in [0.29, 0.717) is 28.8 Å². The first kappa shape index (κ1) is 16.7. The largest absolute Gasteiger partial charge is 0.496 e. The highest BCUT2D eigenvalue weighted by Crippen LogP contribution is 2.29. The molecule has 6 heteroatoms. The first-order valence-corrected chi connectivity index (χ1v) is 7.99. The molecule has 1 aromatic carbocycles. The first-order chi connectivity index (χ1) is 12.1. The molecule has 3 aromatic rings. The van der Waals surface area contributed by atoms with Gasteiger partial charge in [0.2, 0.25) is 0 Å². The van der Waals surface area contributed by atoms with Crippen molar-refractivity contribution < 1.29 is 13.9 Å². The lowest BCUT2D eigenvalue weighted by Gasteiger charge is -2.11. The van der Waals surface area contributed by atoms with Crippen LogP contribution in [0.15, 0.2) is 51.9 Å². The summed E-state index contributed by atoms with van der Waals surface area (Å²) in [5.41, 5.74) is 1.07. The van der Waals surface area contributed by atoms with E-state index in [4.69, 9.17) is 9.15 Å². The minimum atomic E-state index is -0.681. The zero-order chi connectivity index (χ0) is 17.8. The molecule has 0 saturated carbocycles. The average molecular weight is 338 g/mol. The van der Waals surface area contributed by atoms with E-state index < -0.39 is 11.5 Å². The predicted molar refractivity (Wildman–Crippen MR) is 95.2 cm³/mol. The fraction of sp³-hybridized carbons (Fsp3) is 0.211. The molecule has 0 spiro atoms. The van der Waals surface area contributed by atoms with Crippen molar-refractivity contribution >= 4 is 22.6 Å². The molecule has 6 nitrogen and oxygen atoms in total. The van der Waals surface area contributed by atoms with Crippen LogP contribution in [0.1, 0.15) is 29.3 Å². The van der Waals surface area contributed by atoms with Gasteiger partial charge in [-0.05, 0) is 36.8 Å². The molecule has 0 atom stereocenters. The number of rotatable bonds is 5. The highest BCUT2D eigenvalue weighted by atomic mass is 16.5. The smallest absolute Gasteiger partial charge is 0.349 e. The Morgan fingerprint density at radius 2 is 2.16 bits per heavy atom. The van der Waals surface area contributed by atoms with Gasteiger partial charge in [-0.2, -0.15) is 0 Å². The standard InChI is InChI=1S/C19H18N2O4/c1-3-5-14-16(24-2)8-7-12-10-15(19(23)25-17(12)14)18(22)21-13-6-4-9-20-11-13/h4,6-11H,3,5H2,1-2H3,(H,21,22). The molecule has 0 fully saturated rings. The molecule has 25 heavy (non-hydrogen) atoms. The van der Waals surface area contributed by atoms with E-state index in [2.05, 4.69) is 10.3 Å². The molecule has 3 rings (SSSR count). The summed E-state index contributed by atoms with van der Waals surface area (Å²) in [6.45, 7) is 2.03. The predicted octanol–water partition coefficient (Wildman–Crippen LogP) is 3.40. The normalized spacial score (nSPS) is 10.6. The summed E-state index contributed by atoms with van der Waals surface area (Å²) >= 11 is 0. The van der Waals surface area contributed by atoms with Gasteiger partial charge in [-0.3, -0.25) is 9.78 Å². The number of benzene rings is 1. The summed E-state index contributed by atoms with van der Waals surface area (Å²) < 4.78 is 10.8. The van der Waals surface area contributed by atoms with E-state index in [0.717, 1.165) is 12.0 Å². The third kappa shape index (κ3) is 3.38. The summed E-state index contributed by atoms with van der Waals surface area (Å²) in [5.74, 6) is 0.140. The number of nitrogens with one attached hydrogen (secondary N) is 1. The van der Waals surface area contributed by atoms with Crippen molar-refractivity contribution in [2.24, 2.45) is 0 Å². The fourth-order valence-corrected chi connectivity index (χ4v) is 2.70. The van der Waals surface area contributed by atoms with Crippen molar-refractivity contribution in [3.05, 3.63) is 64.3 Å². The molecule has 0 saturated heterocycles. The van der Waals surface area contributed by atoms with Gasteiger partial charge >= 0.3 is 5.63 Å². The Hall–Kier alpha value is -3.15. The molecule has 0 unspecified atom stereocenters. The number of aryl methyl sites for hydroxylation is 1. The summed E-state index contributed by atoms with van der Waals surface area (Å²) in [4.78, 5) is 28.7. The second-order valence-electron chi connectivity index (χ2n) is 5.56. The highest BCUT2D eigenvalue weighted by Gasteiger charge is 2.17. The third-order valence-corrected chi connectivity index (χ3v) is 3.85. The van der Waals surface area contributed by atoms with E-state index in [-0.39, 0.29) is 5.56 Å². The lowest BCUT2D eigenvalue weighted by Crippen LogP contribution is -2.20. The van der Waals surface area contributed by atoms with Gasteiger partial charge < -0.3 is 14.5 Å². The number of ether oxygens (including phenoxy) is 1. The number of carbonyl (C=O) groups excluding carboxylic acids is 1. The van der Waals surface area contributed by atoms with Gasteiger partial charge in [0.05, 0.1) is 19.0 Å². The van der Waals surface area contributed by atoms with Crippen LogP contribution >= 0.6 is 0 Å². The Balaban J connectivity index is 2.05. The first-order valence-electron chi connectivity index (χ1n) is 7.99. The number of methoxy groups -OCH3 is 1. The van der Waals surface area contributed by atoms with Crippen molar-refractivity contribution in [2.45, 2.75) is 19.8 Å². The average Bonchev–Trinajstić information content (AvgIpc) is 2.62. The van der Waals surface area contributed by atoms with Crippen LogP contribution in [-0.2, 0) is 6.42 Å². The molecular formula is C19H18N2O4. The van der Waals surface area contributed by atoms with Gasteiger partial charge in [-0.25, -0.2) is 4.79 Å². The van der Waals surface area contributed by atoms with Crippen LogP contribution in [0, 0.1) is 0 Å². The number of carbonyl (C=O) groups is 1. The maximum absolute atomic E-state index is 12.4. The van der Waals surface area contributed by atoms with Crippen LogP contribution in [0.5, 0.6) is 5.75 Å². The molecule has 0 aliphatic carbocycles. The topological polar surface area (TPSA) is 81.4 Å². The second-order valence-corrected chi connectivity index (χ2v) is 5.56. The van der Waals surface area contributed by atoms with Crippen LogP contribution in [0.2, 0.25) is 0 Å². The van der Waals surface area contributed by atoms with Crippen LogP contribution in [0.25, 0.3) is 11.0 Å². The number of aromatic nitrogens is 1. The number of hydrogen-bond acceptors (Lipinski definition) is 5. The number of amides is 1. The zero-order valence-corrected chi connectivity index (χ0v) is 14.0. The van der Waals surface area contributed by atoms with Gasteiger partial charge in [-0.1, -0.05) is 13.3 Å². The quantitative estimate of drug-likeness (QED) is 0.721. The molecule has 0 aliphatic heterocycles. The number of hydrogen-bond donors (Lipinski definition) is 1. The minimum Gasteiger partial charge on any atom is -0.496 e. The zero-order valence-electron chi connectivity index (χ0n) is 14.0. The maximum atomic E-state index is 12.4. The van der Waals surface area contributed by atoms with Crippen molar-refractivity contribution in [2.75, 3.05) is 12.4 Å². The van der Waals surface area contributed by atoms with Gasteiger partial charge in [-0.15, -0.1) is 0 Å². The molecule has 2 heterocycles. The maximum Gasteiger partial charge on any atom is 0.349 e.